The molecule has 0 aromatic rings. The van der Waals surface area contributed by atoms with Crippen LogP contribution in [-0.2, 0) is 23.7 Å². The molecule has 3 heterocycles. The average molecular weight is 535 g/mol. The van der Waals surface area contributed by atoms with Gasteiger partial charge >= 0.3 is 5.97 Å². The van der Waals surface area contributed by atoms with Gasteiger partial charge in [0.25, 0.3) is 0 Å². The van der Waals surface area contributed by atoms with E-state index in [1.165, 1.54) is 0 Å². The summed E-state index contributed by atoms with van der Waals surface area (Å²) >= 11 is 0. The highest BCUT2D eigenvalue weighted by Gasteiger charge is 2.70. The Morgan fingerprint density at radius 2 is 1.76 bits per heavy atom. The molecule has 9 nitrogen and oxygen atoms in total. The van der Waals surface area contributed by atoms with Crippen molar-refractivity contribution in [2.45, 2.75) is 120 Å². The molecule has 3 aliphatic heterocycles. The van der Waals surface area contributed by atoms with E-state index in [0.29, 0.717) is 24.9 Å². The Balaban J connectivity index is 1.15. The molecule has 4 saturated carbocycles. The largest absolute Gasteiger partial charge is 0.458 e. The lowest BCUT2D eigenvalue weighted by molar-refractivity contribution is -0.469. The molecular weight excluding hydrogens is 492 g/mol. The zero-order chi connectivity index (χ0) is 26.8. The number of ether oxygens (including phenoxy) is 4. The van der Waals surface area contributed by atoms with Gasteiger partial charge < -0.3 is 39.4 Å². The summed E-state index contributed by atoms with van der Waals surface area (Å²) in [7, 11) is 0. The van der Waals surface area contributed by atoms with Crippen molar-refractivity contribution in [2.24, 2.45) is 34.5 Å². The van der Waals surface area contributed by atoms with Crippen molar-refractivity contribution in [3.05, 3.63) is 11.6 Å². The van der Waals surface area contributed by atoms with Gasteiger partial charge in [-0.1, -0.05) is 13.8 Å². The smallest absolute Gasteiger partial charge is 0.331 e. The molecule has 7 rings (SSSR count). The summed E-state index contributed by atoms with van der Waals surface area (Å²) in [6, 6.07) is 0. The van der Waals surface area contributed by atoms with E-state index in [1.807, 2.05) is 0 Å². The number of fused-ring (bicyclic) bond motifs is 7. The highest BCUT2D eigenvalue weighted by atomic mass is 16.8. The van der Waals surface area contributed by atoms with E-state index < -0.39 is 42.1 Å². The second kappa shape index (κ2) is 8.24. The third-order valence-electron chi connectivity index (χ3n) is 12.5. The fraction of sp³-hybridized carbons (Fsp3) is 0.897. The minimum atomic E-state index is -2.12. The predicted molar refractivity (Wildman–Crippen MR) is 132 cm³/mol. The van der Waals surface area contributed by atoms with Crippen LogP contribution in [0.25, 0.3) is 0 Å². The quantitative estimate of drug-likeness (QED) is 0.293. The Bertz CT molecular complexity index is 1050. The summed E-state index contributed by atoms with van der Waals surface area (Å²) in [6.45, 7) is 6.53. The molecule has 38 heavy (non-hydrogen) atoms. The van der Waals surface area contributed by atoms with Crippen LogP contribution < -0.4 is 0 Å². The molecular formula is C29H42O9. The topological polar surface area (TPSA) is 135 Å². The van der Waals surface area contributed by atoms with Crippen LogP contribution in [-0.4, -0.2) is 81.2 Å². The van der Waals surface area contributed by atoms with Gasteiger partial charge in [-0.05, 0) is 93.0 Å². The van der Waals surface area contributed by atoms with Gasteiger partial charge in [0, 0.05) is 11.5 Å². The van der Waals surface area contributed by atoms with Crippen molar-refractivity contribution in [1.29, 1.82) is 0 Å². The van der Waals surface area contributed by atoms with Crippen LogP contribution in [0.15, 0.2) is 11.6 Å². The van der Waals surface area contributed by atoms with E-state index in [4.69, 9.17) is 18.9 Å². The first-order chi connectivity index (χ1) is 17.9. The normalized spacial score (nSPS) is 59.6. The molecule has 4 aliphatic carbocycles. The molecule has 0 amide bonds. The maximum absolute atomic E-state index is 12.5. The predicted octanol–water partition coefficient (Wildman–Crippen LogP) is 1.79. The molecule has 0 aromatic heterocycles. The summed E-state index contributed by atoms with van der Waals surface area (Å²) in [4.78, 5) is 11.8. The van der Waals surface area contributed by atoms with Gasteiger partial charge in [0.05, 0.1) is 23.9 Å². The summed E-state index contributed by atoms with van der Waals surface area (Å²) < 4.78 is 23.4. The van der Waals surface area contributed by atoms with Crippen LogP contribution >= 0.6 is 0 Å². The maximum atomic E-state index is 12.5. The summed E-state index contributed by atoms with van der Waals surface area (Å²) in [5.74, 6) is -1.40. The Labute approximate surface area is 223 Å². The van der Waals surface area contributed by atoms with Crippen molar-refractivity contribution >= 4 is 5.97 Å². The SMILES string of the molecule is C[C@H]1O[C@H]2O[C@@H]3C[C@@H]4CC[C@@H]5[C@H](CC[C@]6(C)[C@@H](C7=CC(=O)OC7)CC[C@]56O)[C@@]4(C)C[C@H]3O[C@@]2(O)[C@H](O)[C@@H]1O. The fourth-order valence-electron chi connectivity index (χ4n) is 10.3. The standard InChI is InChI=1S/C29H42O9/c1-14-23(31)24(32)29(34)25(36-14)37-20-11-16-4-5-19-18(26(16,2)12-21(20)38-29)6-8-27(3)17(7-9-28(19,27)33)15-10-22(30)35-13-15/h10,14,16-21,23-25,31-34H,4-9,11-13H2,1-3H3/t14-,16+,17-,18+,19-,20-,21-,23-,24-,25+,26+,27-,28+,29+/m1/s1. The summed E-state index contributed by atoms with van der Waals surface area (Å²) in [5, 5.41) is 44.8. The second-order valence-corrected chi connectivity index (χ2v) is 13.9. The number of carbonyl (C=O) groups excluding carboxylic acids is 1. The molecule has 14 atom stereocenters. The van der Waals surface area contributed by atoms with Crippen molar-refractivity contribution in [3.63, 3.8) is 0 Å². The van der Waals surface area contributed by atoms with E-state index in [1.54, 1.807) is 13.0 Å². The lowest BCUT2D eigenvalue weighted by atomic mass is 9.43. The lowest BCUT2D eigenvalue weighted by Crippen LogP contribution is -2.73. The zero-order valence-corrected chi connectivity index (χ0v) is 22.5. The van der Waals surface area contributed by atoms with Crippen molar-refractivity contribution in [3.8, 4) is 0 Å². The number of cyclic esters (lactones) is 1. The summed E-state index contributed by atoms with van der Waals surface area (Å²) in [6.07, 6.45) is 3.15. The highest BCUT2D eigenvalue weighted by molar-refractivity contribution is 5.85. The first-order valence-corrected chi connectivity index (χ1v) is 14.6. The molecule has 2 saturated heterocycles. The van der Waals surface area contributed by atoms with Gasteiger partial charge in [0.15, 0.2) is 0 Å². The van der Waals surface area contributed by atoms with E-state index in [-0.39, 0.29) is 34.7 Å². The molecule has 9 heteroatoms. The number of aliphatic hydroxyl groups is 4. The van der Waals surface area contributed by atoms with Crippen LogP contribution in [0.5, 0.6) is 0 Å². The number of hydrogen-bond acceptors (Lipinski definition) is 9. The van der Waals surface area contributed by atoms with E-state index >= 15 is 0 Å². The Kier molecular flexibility index (Phi) is 5.61. The third kappa shape index (κ3) is 3.21. The lowest BCUT2D eigenvalue weighted by Gasteiger charge is -2.65. The van der Waals surface area contributed by atoms with Gasteiger partial charge in [0.1, 0.15) is 18.8 Å². The summed E-state index contributed by atoms with van der Waals surface area (Å²) in [5.41, 5.74) is -0.187. The van der Waals surface area contributed by atoms with E-state index in [2.05, 4.69) is 13.8 Å². The van der Waals surface area contributed by atoms with Crippen molar-refractivity contribution < 1.29 is 44.2 Å². The van der Waals surface area contributed by atoms with Crippen molar-refractivity contribution in [2.75, 3.05) is 6.61 Å². The fourth-order valence-corrected chi connectivity index (χ4v) is 10.3. The molecule has 4 N–H and O–H groups in total. The van der Waals surface area contributed by atoms with E-state index in [9.17, 15) is 25.2 Å². The number of rotatable bonds is 1. The Hall–Kier alpha value is -1.07. The second-order valence-electron chi connectivity index (χ2n) is 13.9. The van der Waals surface area contributed by atoms with E-state index in [0.717, 1.165) is 50.5 Å². The number of carbonyl (C=O) groups is 1. The van der Waals surface area contributed by atoms with Crippen LogP contribution in [0.2, 0.25) is 0 Å². The number of hydrogen-bond donors (Lipinski definition) is 4. The van der Waals surface area contributed by atoms with Gasteiger partial charge in [-0.2, -0.15) is 0 Å². The first kappa shape index (κ1) is 25.9. The van der Waals surface area contributed by atoms with Crippen LogP contribution in [0.4, 0.5) is 0 Å². The Morgan fingerprint density at radius 1 is 0.974 bits per heavy atom. The average Bonchev–Trinajstić information content (AvgIpc) is 3.41. The molecule has 212 valence electrons. The van der Waals surface area contributed by atoms with Crippen LogP contribution in [0.1, 0.15) is 72.1 Å². The van der Waals surface area contributed by atoms with Gasteiger partial charge in [-0.3, -0.25) is 0 Å². The monoisotopic (exact) mass is 534 g/mol. The minimum absolute atomic E-state index is 0.121. The molecule has 0 unspecified atom stereocenters. The third-order valence-corrected chi connectivity index (χ3v) is 12.5. The molecule has 0 spiro atoms. The highest BCUT2D eigenvalue weighted by Crippen LogP contribution is 2.70. The molecule has 0 bridgehead atoms. The molecule has 7 aliphatic rings. The maximum Gasteiger partial charge on any atom is 0.331 e. The molecule has 0 radical (unpaired) electrons. The van der Waals surface area contributed by atoms with Gasteiger partial charge in [-0.15, -0.1) is 0 Å². The van der Waals surface area contributed by atoms with Gasteiger partial charge in [-0.25, -0.2) is 4.79 Å². The van der Waals surface area contributed by atoms with Gasteiger partial charge in [0.2, 0.25) is 12.1 Å². The molecule has 0 aromatic carbocycles. The van der Waals surface area contributed by atoms with Crippen LogP contribution in [0, 0.1) is 34.5 Å². The van der Waals surface area contributed by atoms with Crippen LogP contribution in [0.3, 0.4) is 0 Å². The van der Waals surface area contributed by atoms with Crippen molar-refractivity contribution in [1.82, 2.24) is 0 Å². The Morgan fingerprint density at radius 3 is 2.50 bits per heavy atom. The number of aliphatic hydroxyl groups excluding tert-OH is 2. The molecule has 6 fully saturated rings. The minimum Gasteiger partial charge on any atom is -0.458 e. The number of esters is 1. The first-order valence-electron chi connectivity index (χ1n) is 14.6. The zero-order valence-electron chi connectivity index (χ0n) is 22.5.